The van der Waals surface area contributed by atoms with Gasteiger partial charge in [-0.25, -0.2) is 8.78 Å². The zero-order valence-electron chi connectivity index (χ0n) is 7.72. The molecule has 1 N–H and O–H groups in total. The van der Waals surface area contributed by atoms with E-state index in [1.807, 2.05) is 0 Å². The second-order valence-electron chi connectivity index (χ2n) is 2.79. The first-order chi connectivity index (χ1) is 6.66. The standard InChI is InChI=1S/C11H10F2O/c1-2-3-7-10(14)8-5-4-6-9(12)11(8)13/h4-6,10,14H,7H2,1H3. The fraction of sp³-hybridized carbons (Fsp3) is 0.273. The Morgan fingerprint density at radius 1 is 1.43 bits per heavy atom. The van der Waals surface area contributed by atoms with E-state index in [0.29, 0.717) is 0 Å². The molecule has 1 rings (SSSR count). The van der Waals surface area contributed by atoms with Gasteiger partial charge in [0.15, 0.2) is 11.6 Å². The molecule has 1 atom stereocenters. The molecule has 14 heavy (non-hydrogen) atoms. The number of aliphatic hydroxyl groups excluding tert-OH is 1. The Balaban J connectivity index is 2.93. The first-order valence-corrected chi connectivity index (χ1v) is 4.18. The summed E-state index contributed by atoms with van der Waals surface area (Å²) < 4.78 is 25.8. The van der Waals surface area contributed by atoms with Crippen LogP contribution in [0.2, 0.25) is 0 Å². The average molecular weight is 196 g/mol. The zero-order chi connectivity index (χ0) is 10.6. The van der Waals surface area contributed by atoms with E-state index in [1.54, 1.807) is 6.92 Å². The fourth-order valence-electron chi connectivity index (χ4n) is 1.09. The van der Waals surface area contributed by atoms with Crippen LogP contribution in [0.25, 0.3) is 0 Å². The lowest BCUT2D eigenvalue weighted by atomic mass is 10.1. The normalized spacial score (nSPS) is 11.7. The van der Waals surface area contributed by atoms with Crippen molar-refractivity contribution in [3.8, 4) is 11.8 Å². The molecule has 1 nitrogen and oxygen atoms in total. The van der Waals surface area contributed by atoms with Crippen molar-refractivity contribution in [2.75, 3.05) is 0 Å². The number of aliphatic hydroxyl groups is 1. The average Bonchev–Trinajstić information content (AvgIpc) is 2.18. The van der Waals surface area contributed by atoms with E-state index in [9.17, 15) is 13.9 Å². The summed E-state index contributed by atoms with van der Waals surface area (Å²) in [5, 5.41) is 9.45. The molecule has 0 aromatic heterocycles. The van der Waals surface area contributed by atoms with Crippen molar-refractivity contribution in [2.45, 2.75) is 19.4 Å². The van der Waals surface area contributed by atoms with Crippen LogP contribution in [0.4, 0.5) is 8.78 Å². The van der Waals surface area contributed by atoms with Gasteiger partial charge in [0.2, 0.25) is 0 Å². The summed E-state index contributed by atoms with van der Waals surface area (Å²) in [6.45, 7) is 1.62. The molecule has 0 radical (unpaired) electrons. The van der Waals surface area contributed by atoms with Gasteiger partial charge >= 0.3 is 0 Å². The monoisotopic (exact) mass is 196 g/mol. The van der Waals surface area contributed by atoms with Crippen molar-refractivity contribution >= 4 is 0 Å². The van der Waals surface area contributed by atoms with Crippen LogP contribution in [0.15, 0.2) is 18.2 Å². The Morgan fingerprint density at radius 2 is 2.14 bits per heavy atom. The van der Waals surface area contributed by atoms with E-state index in [2.05, 4.69) is 11.8 Å². The quantitative estimate of drug-likeness (QED) is 0.720. The second kappa shape index (κ2) is 4.73. The smallest absolute Gasteiger partial charge is 0.164 e. The van der Waals surface area contributed by atoms with Crippen LogP contribution in [0.5, 0.6) is 0 Å². The molecule has 0 bridgehead atoms. The van der Waals surface area contributed by atoms with Gasteiger partial charge in [0.1, 0.15) is 0 Å². The summed E-state index contributed by atoms with van der Waals surface area (Å²) in [7, 11) is 0. The van der Waals surface area contributed by atoms with Crippen LogP contribution in [-0.4, -0.2) is 5.11 Å². The predicted molar refractivity (Wildman–Crippen MR) is 49.4 cm³/mol. The topological polar surface area (TPSA) is 20.2 Å². The molecule has 0 aliphatic rings. The first kappa shape index (κ1) is 10.7. The van der Waals surface area contributed by atoms with Crippen LogP contribution >= 0.6 is 0 Å². The summed E-state index contributed by atoms with van der Waals surface area (Å²) in [6.07, 6.45) is -0.963. The van der Waals surface area contributed by atoms with Gasteiger partial charge in [-0.2, -0.15) is 0 Å². The third kappa shape index (κ3) is 2.30. The van der Waals surface area contributed by atoms with Crippen LogP contribution in [0.3, 0.4) is 0 Å². The molecular weight excluding hydrogens is 186 g/mol. The SMILES string of the molecule is CC#CCC(O)c1cccc(F)c1F. The fourth-order valence-corrected chi connectivity index (χ4v) is 1.09. The third-order valence-electron chi connectivity index (χ3n) is 1.81. The highest BCUT2D eigenvalue weighted by atomic mass is 19.2. The van der Waals surface area contributed by atoms with Crippen molar-refractivity contribution in [1.82, 2.24) is 0 Å². The summed E-state index contributed by atoms with van der Waals surface area (Å²) in [6, 6.07) is 3.72. The first-order valence-electron chi connectivity index (χ1n) is 4.18. The molecule has 1 aromatic rings. The van der Waals surface area contributed by atoms with Gasteiger partial charge in [-0.3, -0.25) is 0 Å². The Kier molecular flexibility index (Phi) is 3.61. The maximum absolute atomic E-state index is 13.1. The molecule has 0 saturated heterocycles. The van der Waals surface area contributed by atoms with E-state index in [-0.39, 0.29) is 12.0 Å². The van der Waals surface area contributed by atoms with Crippen molar-refractivity contribution in [3.63, 3.8) is 0 Å². The lowest BCUT2D eigenvalue weighted by Crippen LogP contribution is -2.01. The number of halogens is 2. The molecule has 74 valence electrons. The number of hydrogen-bond donors (Lipinski definition) is 1. The van der Waals surface area contributed by atoms with Gasteiger partial charge in [0, 0.05) is 12.0 Å². The minimum absolute atomic E-state index is 0.0484. The molecule has 0 aliphatic heterocycles. The molecule has 1 aromatic carbocycles. The lowest BCUT2D eigenvalue weighted by molar-refractivity contribution is 0.177. The van der Waals surface area contributed by atoms with Crippen LogP contribution in [-0.2, 0) is 0 Å². The van der Waals surface area contributed by atoms with Gasteiger partial charge in [0.05, 0.1) is 6.10 Å². The summed E-state index contributed by atoms with van der Waals surface area (Å²) in [5.41, 5.74) is -0.0484. The third-order valence-corrected chi connectivity index (χ3v) is 1.81. The Bertz CT molecular complexity index is 377. The van der Waals surface area contributed by atoms with Gasteiger partial charge in [-0.05, 0) is 13.0 Å². The van der Waals surface area contributed by atoms with E-state index < -0.39 is 17.7 Å². The zero-order valence-corrected chi connectivity index (χ0v) is 7.72. The highest BCUT2D eigenvalue weighted by Crippen LogP contribution is 2.21. The highest BCUT2D eigenvalue weighted by molar-refractivity contribution is 5.22. The largest absolute Gasteiger partial charge is 0.387 e. The molecule has 0 fully saturated rings. The van der Waals surface area contributed by atoms with E-state index in [4.69, 9.17) is 0 Å². The molecule has 0 saturated carbocycles. The number of rotatable bonds is 2. The molecule has 0 amide bonds. The van der Waals surface area contributed by atoms with Crippen molar-refractivity contribution in [3.05, 3.63) is 35.4 Å². The summed E-state index contributed by atoms with van der Waals surface area (Å²) >= 11 is 0. The maximum Gasteiger partial charge on any atom is 0.164 e. The van der Waals surface area contributed by atoms with Crippen LogP contribution in [0.1, 0.15) is 25.0 Å². The molecule has 1 unspecified atom stereocenters. The molecule has 3 heteroatoms. The molecule has 0 spiro atoms. The van der Waals surface area contributed by atoms with Crippen LogP contribution in [0, 0.1) is 23.5 Å². The van der Waals surface area contributed by atoms with Gasteiger partial charge in [-0.15, -0.1) is 11.8 Å². The van der Waals surface area contributed by atoms with E-state index >= 15 is 0 Å². The number of benzene rings is 1. The molecular formula is C11H10F2O. The van der Waals surface area contributed by atoms with Crippen molar-refractivity contribution in [1.29, 1.82) is 0 Å². The number of hydrogen-bond acceptors (Lipinski definition) is 1. The summed E-state index contributed by atoms with van der Waals surface area (Å²) in [5.74, 6) is 3.23. The molecule has 0 heterocycles. The van der Waals surface area contributed by atoms with E-state index in [0.717, 1.165) is 6.07 Å². The lowest BCUT2D eigenvalue weighted by Gasteiger charge is -2.08. The summed E-state index contributed by atoms with van der Waals surface area (Å²) in [4.78, 5) is 0. The Labute approximate surface area is 81.4 Å². The van der Waals surface area contributed by atoms with Gasteiger partial charge in [-0.1, -0.05) is 12.1 Å². The van der Waals surface area contributed by atoms with Gasteiger partial charge in [0.25, 0.3) is 0 Å². The van der Waals surface area contributed by atoms with Gasteiger partial charge < -0.3 is 5.11 Å². The second-order valence-corrected chi connectivity index (χ2v) is 2.79. The molecule has 0 aliphatic carbocycles. The minimum atomic E-state index is -1.07. The maximum atomic E-state index is 13.1. The van der Waals surface area contributed by atoms with Crippen LogP contribution < -0.4 is 0 Å². The Morgan fingerprint density at radius 3 is 2.79 bits per heavy atom. The van der Waals surface area contributed by atoms with Crippen molar-refractivity contribution in [2.24, 2.45) is 0 Å². The Hall–Kier alpha value is -1.40. The highest BCUT2D eigenvalue weighted by Gasteiger charge is 2.14. The van der Waals surface area contributed by atoms with E-state index in [1.165, 1.54) is 12.1 Å². The predicted octanol–water partition coefficient (Wildman–Crippen LogP) is 2.41. The van der Waals surface area contributed by atoms with Crippen molar-refractivity contribution < 1.29 is 13.9 Å². The minimum Gasteiger partial charge on any atom is -0.387 e.